The van der Waals surface area contributed by atoms with Crippen molar-refractivity contribution in [1.82, 2.24) is 9.80 Å². The molecular weight excluding hydrogens is 243 g/mol. The summed E-state index contributed by atoms with van der Waals surface area (Å²) in [7, 11) is 2.13. The lowest BCUT2D eigenvalue weighted by molar-refractivity contribution is 0.0964. The minimum absolute atomic E-state index is 0.0251. The Morgan fingerprint density at radius 1 is 1.26 bits per heavy atom. The minimum atomic E-state index is -0.345. The molecule has 1 saturated heterocycles. The highest BCUT2D eigenvalue weighted by Gasteiger charge is 2.14. The van der Waals surface area contributed by atoms with Crippen LogP contribution in [0.2, 0.25) is 0 Å². The Bertz CT molecular complexity index is 436. The fourth-order valence-electron chi connectivity index (χ4n) is 2.39. The van der Waals surface area contributed by atoms with Crippen LogP contribution in [0.25, 0.3) is 0 Å². The lowest BCUT2D eigenvalue weighted by atomic mass is 10.1. The van der Waals surface area contributed by atoms with Crippen molar-refractivity contribution in [2.24, 2.45) is 0 Å². The molecule has 1 aromatic carbocycles. The van der Waals surface area contributed by atoms with Crippen LogP contribution in [0.3, 0.4) is 0 Å². The molecule has 0 amide bonds. The zero-order chi connectivity index (χ0) is 13.7. The highest BCUT2D eigenvalue weighted by Crippen LogP contribution is 2.08. The van der Waals surface area contributed by atoms with E-state index >= 15 is 0 Å². The van der Waals surface area contributed by atoms with Crippen LogP contribution in [0, 0.1) is 5.82 Å². The molecule has 1 aliphatic rings. The Labute approximate surface area is 114 Å². The monoisotopic (exact) mass is 264 g/mol. The van der Waals surface area contributed by atoms with Crippen LogP contribution in [-0.2, 0) is 0 Å². The van der Waals surface area contributed by atoms with Crippen LogP contribution in [0.5, 0.6) is 0 Å². The van der Waals surface area contributed by atoms with Gasteiger partial charge in [0.2, 0.25) is 0 Å². The third-order valence-electron chi connectivity index (χ3n) is 3.61. The second-order valence-corrected chi connectivity index (χ2v) is 5.18. The van der Waals surface area contributed by atoms with Crippen LogP contribution in [0.4, 0.5) is 4.39 Å². The van der Waals surface area contributed by atoms with E-state index in [0.717, 1.165) is 39.1 Å². The van der Waals surface area contributed by atoms with Gasteiger partial charge >= 0.3 is 0 Å². The number of hydrogen-bond acceptors (Lipinski definition) is 3. The van der Waals surface area contributed by atoms with Crippen molar-refractivity contribution in [1.29, 1.82) is 0 Å². The average molecular weight is 264 g/mol. The van der Waals surface area contributed by atoms with Gasteiger partial charge in [-0.1, -0.05) is 12.1 Å². The van der Waals surface area contributed by atoms with Gasteiger partial charge in [0.1, 0.15) is 5.82 Å². The van der Waals surface area contributed by atoms with Crippen LogP contribution in [0.1, 0.15) is 23.2 Å². The Hall–Kier alpha value is -1.26. The predicted octanol–water partition coefficient (Wildman–Crippen LogP) is 2.04. The molecule has 0 aliphatic carbocycles. The standard InChI is InChI=1S/C15H21FN2O/c1-17-7-3-8-18(11-10-17)9-6-15(19)13-4-2-5-14(16)12-13/h2,4-5,12H,3,6-11H2,1H3. The molecule has 0 N–H and O–H groups in total. The summed E-state index contributed by atoms with van der Waals surface area (Å²) in [5.41, 5.74) is 0.479. The van der Waals surface area contributed by atoms with Gasteiger partial charge in [-0.2, -0.15) is 0 Å². The number of carbonyl (C=O) groups excluding carboxylic acids is 1. The maximum atomic E-state index is 13.1. The van der Waals surface area contributed by atoms with E-state index in [1.54, 1.807) is 12.1 Å². The first kappa shape index (κ1) is 14.2. The average Bonchev–Trinajstić information content (AvgIpc) is 2.61. The number of carbonyl (C=O) groups is 1. The van der Waals surface area contributed by atoms with E-state index < -0.39 is 0 Å². The van der Waals surface area contributed by atoms with Gasteiger partial charge in [-0.15, -0.1) is 0 Å². The van der Waals surface area contributed by atoms with Crippen LogP contribution < -0.4 is 0 Å². The van der Waals surface area contributed by atoms with E-state index in [-0.39, 0.29) is 11.6 Å². The number of hydrogen-bond donors (Lipinski definition) is 0. The van der Waals surface area contributed by atoms with E-state index in [0.29, 0.717) is 12.0 Å². The molecule has 1 heterocycles. The molecule has 19 heavy (non-hydrogen) atoms. The molecule has 0 aromatic heterocycles. The Morgan fingerprint density at radius 3 is 2.89 bits per heavy atom. The number of nitrogens with zero attached hydrogens (tertiary/aromatic N) is 2. The first-order chi connectivity index (χ1) is 9.15. The molecule has 1 fully saturated rings. The van der Waals surface area contributed by atoms with Crippen LogP contribution in [0.15, 0.2) is 24.3 Å². The van der Waals surface area contributed by atoms with Crippen molar-refractivity contribution < 1.29 is 9.18 Å². The predicted molar refractivity (Wildman–Crippen MR) is 73.9 cm³/mol. The summed E-state index contributed by atoms with van der Waals surface area (Å²) >= 11 is 0. The summed E-state index contributed by atoms with van der Waals surface area (Å²) in [4.78, 5) is 16.6. The van der Waals surface area contributed by atoms with E-state index in [2.05, 4.69) is 16.8 Å². The molecule has 1 aliphatic heterocycles. The zero-order valence-electron chi connectivity index (χ0n) is 11.4. The fourth-order valence-corrected chi connectivity index (χ4v) is 2.39. The van der Waals surface area contributed by atoms with Gasteiger partial charge in [-0.05, 0) is 38.7 Å². The van der Waals surface area contributed by atoms with Crippen molar-refractivity contribution in [3.8, 4) is 0 Å². The van der Waals surface area contributed by atoms with Crippen molar-refractivity contribution >= 4 is 5.78 Å². The SMILES string of the molecule is CN1CCCN(CCC(=O)c2cccc(F)c2)CC1. The van der Waals surface area contributed by atoms with Crippen LogP contribution in [-0.4, -0.2) is 55.4 Å². The normalized spacial score (nSPS) is 18.2. The molecular formula is C15H21FN2O. The third kappa shape index (κ3) is 4.40. The van der Waals surface area contributed by atoms with Crippen molar-refractivity contribution in [3.63, 3.8) is 0 Å². The van der Waals surface area contributed by atoms with Gasteiger partial charge in [0.05, 0.1) is 0 Å². The molecule has 104 valence electrons. The van der Waals surface area contributed by atoms with Crippen molar-refractivity contribution in [3.05, 3.63) is 35.6 Å². The maximum Gasteiger partial charge on any atom is 0.164 e. The molecule has 4 heteroatoms. The Balaban J connectivity index is 1.83. The second kappa shape index (κ2) is 6.78. The quantitative estimate of drug-likeness (QED) is 0.778. The third-order valence-corrected chi connectivity index (χ3v) is 3.61. The van der Waals surface area contributed by atoms with E-state index in [9.17, 15) is 9.18 Å². The molecule has 0 bridgehead atoms. The Morgan fingerprint density at radius 2 is 2.11 bits per heavy atom. The number of benzene rings is 1. The lowest BCUT2D eigenvalue weighted by Gasteiger charge is -2.19. The number of Topliss-reactive ketones (excluding diaryl/α,β-unsaturated/α-hetero) is 1. The van der Waals surface area contributed by atoms with Crippen LogP contribution >= 0.6 is 0 Å². The molecule has 0 saturated carbocycles. The highest BCUT2D eigenvalue weighted by atomic mass is 19.1. The summed E-state index contributed by atoms with van der Waals surface area (Å²) in [6.07, 6.45) is 1.61. The summed E-state index contributed by atoms with van der Waals surface area (Å²) in [6.45, 7) is 4.99. The summed E-state index contributed by atoms with van der Waals surface area (Å²) < 4.78 is 13.1. The molecule has 0 spiro atoms. The molecule has 0 atom stereocenters. The number of rotatable bonds is 4. The molecule has 2 rings (SSSR count). The van der Waals surface area contributed by atoms with Gasteiger partial charge in [0, 0.05) is 31.6 Å². The summed E-state index contributed by atoms with van der Waals surface area (Å²) in [6, 6.07) is 5.95. The largest absolute Gasteiger partial charge is 0.305 e. The highest BCUT2D eigenvalue weighted by molar-refractivity contribution is 5.96. The number of likely N-dealkylation sites (N-methyl/N-ethyl adjacent to an activating group) is 1. The smallest absolute Gasteiger partial charge is 0.164 e. The van der Waals surface area contributed by atoms with Gasteiger partial charge < -0.3 is 9.80 Å². The maximum absolute atomic E-state index is 13.1. The number of ketones is 1. The van der Waals surface area contributed by atoms with Crippen molar-refractivity contribution in [2.75, 3.05) is 39.8 Å². The summed E-state index contributed by atoms with van der Waals surface area (Å²) in [5.74, 6) is -0.320. The van der Waals surface area contributed by atoms with Gasteiger partial charge in [-0.3, -0.25) is 4.79 Å². The number of halogens is 1. The minimum Gasteiger partial charge on any atom is -0.305 e. The lowest BCUT2D eigenvalue weighted by Crippen LogP contribution is -2.30. The van der Waals surface area contributed by atoms with E-state index in [1.807, 2.05) is 0 Å². The first-order valence-corrected chi connectivity index (χ1v) is 6.85. The van der Waals surface area contributed by atoms with Gasteiger partial charge in [0.15, 0.2) is 5.78 Å². The van der Waals surface area contributed by atoms with Crippen molar-refractivity contribution in [2.45, 2.75) is 12.8 Å². The summed E-state index contributed by atoms with van der Waals surface area (Å²) in [5, 5.41) is 0. The molecule has 3 nitrogen and oxygen atoms in total. The van der Waals surface area contributed by atoms with Gasteiger partial charge in [0.25, 0.3) is 0 Å². The van der Waals surface area contributed by atoms with Gasteiger partial charge in [-0.25, -0.2) is 4.39 Å². The topological polar surface area (TPSA) is 23.6 Å². The molecule has 0 unspecified atom stereocenters. The zero-order valence-corrected chi connectivity index (χ0v) is 11.4. The fraction of sp³-hybridized carbons (Fsp3) is 0.533. The Kier molecular flexibility index (Phi) is 5.05. The first-order valence-electron chi connectivity index (χ1n) is 6.85. The van der Waals surface area contributed by atoms with E-state index in [4.69, 9.17) is 0 Å². The van der Waals surface area contributed by atoms with E-state index in [1.165, 1.54) is 12.1 Å². The molecule has 0 radical (unpaired) electrons. The molecule has 1 aromatic rings. The second-order valence-electron chi connectivity index (χ2n) is 5.18.